The van der Waals surface area contributed by atoms with E-state index in [2.05, 4.69) is 33.9 Å². The first kappa shape index (κ1) is 90.6. The van der Waals surface area contributed by atoms with Gasteiger partial charge in [-0.25, -0.2) is 46.9 Å². The second-order valence-corrected chi connectivity index (χ2v) is 41.5. The molecule has 5 fully saturated rings. The quantitative estimate of drug-likeness (QED) is 0.0611. The number of carbonyl (C=O) groups excluding carboxylic acids is 2. The van der Waals surface area contributed by atoms with Crippen LogP contribution in [0.5, 0.6) is 28.7 Å². The summed E-state index contributed by atoms with van der Waals surface area (Å²) < 4.78 is 176. The van der Waals surface area contributed by atoms with Crippen LogP contribution in [0.1, 0.15) is 200 Å². The number of carbonyl (C=O) groups is 2. The van der Waals surface area contributed by atoms with Crippen LogP contribution in [-0.4, -0.2) is 198 Å². The first-order valence-corrected chi connectivity index (χ1v) is 48.1. The maximum atomic E-state index is 12.3. The lowest BCUT2D eigenvalue weighted by molar-refractivity contribution is -0.161. The summed E-state index contributed by atoms with van der Waals surface area (Å²) in [6.07, 6.45) is 13.4. The van der Waals surface area contributed by atoms with Crippen molar-refractivity contribution in [3.63, 3.8) is 0 Å². The van der Waals surface area contributed by atoms with Gasteiger partial charge < -0.3 is 76.7 Å². The molecule has 8 aliphatic heterocycles. The molecule has 2 saturated carbocycles. The Hall–Kier alpha value is -9.18. The zero-order valence-corrected chi connectivity index (χ0v) is 72.6. The SMILES string of the molecule is CC(C)(C)OC(=O)C1CCC(COc2cccc3c2C(N)=NS(=O)(=O)C3)CC1.CC(C)(C)OC(=O)N1CCC[C@H](Oc2cccc3c2C(N)=NS(=O)(=O)C3)C1.CC(O)N1CCC(Oc2cccc3c2C(N)=NS(=O)(=O)C3)CC1.CN1CCC(Oc2cccc3c2C(N)=NS(=O)(=O)C3)CC1.NC1=NS(=O)(=O)Cc2cccc(OC3CCCCC3)c21. The molecule has 33 nitrogen and oxygen atoms in total. The summed E-state index contributed by atoms with van der Waals surface area (Å²) in [7, 11) is -15.6. The number of ether oxygens (including phenoxy) is 7. The molecule has 1 unspecified atom stereocenters. The van der Waals surface area contributed by atoms with E-state index in [1.54, 1.807) is 84.6 Å². The van der Waals surface area contributed by atoms with Crippen LogP contribution in [0.25, 0.3) is 0 Å². The molecule has 650 valence electrons. The molecule has 8 heterocycles. The lowest BCUT2D eigenvalue weighted by Crippen LogP contribution is -2.46. The summed E-state index contributed by atoms with van der Waals surface area (Å²) in [6, 6.07) is 26.6. The van der Waals surface area contributed by atoms with E-state index in [0.717, 1.165) is 103 Å². The lowest BCUT2D eigenvalue weighted by atomic mass is 9.82. The van der Waals surface area contributed by atoms with E-state index in [0.29, 0.717) is 110 Å². The van der Waals surface area contributed by atoms with E-state index in [1.165, 1.54) is 19.3 Å². The molecule has 2 aliphatic carbocycles. The third-order valence-corrected chi connectivity index (χ3v) is 27.0. The summed E-state index contributed by atoms with van der Waals surface area (Å²) in [5.41, 5.74) is 34.3. The lowest BCUT2D eigenvalue weighted by Gasteiger charge is -2.34. The van der Waals surface area contributed by atoms with Crippen LogP contribution in [0, 0.1) is 11.8 Å². The van der Waals surface area contributed by atoms with Crippen molar-refractivity contribution < 1.29 is 89.9 Å². The minimum Gasteiger partial charge on any atom is -0.493 e. The normalized spacial score (nSPS) is 22.7. The molecule has 15 rings (SSSR count). The van der Waals surface area contributed by atoms with Gasteiger partial charge in [0.05, 0.1) is 81.8 Å². The fourth-order valence-electron chi connectivity index (χ4n) is 15.6. The summed E-state index contributed by atoms with van der Waals surface area (Å²) >= 11 is 0. The molecule has 1 amide bonds. The maximum absolute atomic E-state index is 12.3. The van der Waals surface area contributed by atoms with Gasteiger partial charge in [-0.1, -0.05) is 67.1 Å². The van der Waals surface area contributed by atoms with Crippen molar-refractivity contribution >= 4 is 91.4 Å². The molecule has 38 heteroatoms. The number of rotatable bonds is 13. The van der Waals surface area contributed by atoms with Crippen molar-refractivity contribution in [3.8, 4) is 28.7 Å². The van der Waals surface area contributed by atoms with E-state index < -0.39 is 67.5 Å². The topological polar surface area (TPSA) is 491 Å². The molecule has 11 N–H and O–H groups in total. The highest BCUT2D eigenvalue weighted by atomic mass is 32.2. The Bertz CT molecular complexity index is 5310. The number of benzene rings is 5. The van der Waals surface area contributed by atoms with Crippen LogP contribution in [-0.2, 0) is 93.1 Å². The number of hydrogen-bond donors (Lipinski definition) is 6. The van der Waals surface area contributed by atoms with Gasteiger partial charge in [-0.3, -0.25) is 9.69 Å². The number of piperidine rings is 3. The summed E-state index contributed by atoms with van der Waals surface area (Å²) in [5.74, 6) is 2.32. The van der Waals surface area contributed by atoms with Crippen LogP contribution >= 0.6 is 0 Å². The Morgan fingerprint density at radius 1 is 0.420 bits per heavy atom. The summed E-state index contributed by atoms with van der Waals surface area (Å²) in [4.78, 5) is 30.4. The zero-order chi connectivity index (χ0) is 86.2. The van der Waals surface area contributed by atoms with Gasteiger partial charge in [-0.05, 0) is 209 Å². The van der Waals surface area contributed by atoms with Gasteiger partial charge in [0.25, 0.3) is 50.1 Å². The number of nitrogens with zero attached hydrogens (tertiary/aromatic N) is 8. The highest BCUT2D eigenvalue weighted by Gasteiger charge is 2.37. The molecular formula is C81H111N13O20S5. The fourth-order valence-corrected chi connectivity index (χ4v) is 21.1. The number of amidine groups is 5. The second-order valence-electron chi connectivity index (χ2n) is 33.3. The number of amides is 1. The Balaban J connectivity index is 0.000000146. The van der Waals surface area contributed by atoms with E-state index in [1.807, 2.05) is 64.6 Å². The second kappa shape index (κ2) is 37.8. The Morgan fingerprint density at radius 3 is 1.09 bits per heavy atom. The Labute approximate surface area is 697 Å². The number of sulfonamides is 5. The van der Waals surface area contributed by atoms with Gasteiger partial charge in [-0.2, -0.15) is 0 Å². The molecule has 119 heavy (non-hydrogen) atoms. The molecule has 2 atom stereocenters. The molecular weight excluding hydrogens is 1640 g/mol. The van der Waals surface area contributed by atoms with E-state index in [4.69, 9.17) is 61.8 Å². The van der Waals surface area contributed by atoms with Gasteiger partial charge in [-0.15, -0.1) is 22.0 Å². The number of hydrogen-bond acceptors (Lipinski definition) is 27. The molecule has 0 bridgehead atoms. The maximum Gasteiger partial charge on any atom is 0.410 e. The van der Waals surface area contributed by atoms with Crippen molar-refractivity contribution in [2.75, 3.05) is 52.9 Å². The van der Waals surface area contributed by atoms with Gasteiger partial charge in [0.1, 0.15) is 93.7 Å². The Kier molecular flexibility index (Phi) is 28.8. The molecule has 10 aliphatic rings. The number of fused-ring (bicyclic) bond motifs is 5. The average molecular weight is 1750 g/mol. The number of nitrogens with two attached hydrogens (primary N) is 5. The first-order valence-electron chi connectivity index (χ1n) is 40.1. The van der Waals surface area contributed by atoms with E-state index in [-0.39, 0.29) is 100 Å². The first-order chi connectivity index (χ1) is 55.9. The van der Waals surface area contributed by atoms with Gasteiger partial charge in [0, 0.05) is 32.7 Å². The Morgan fingerprint density at radius 2 is 0.739 bits per heavy atom. The fraction of sp³-hybridized carbons (Fsp3) is 0.543. The summed E-state index contributed by atoms with van der Waals surface area (Å²) in [5, 5.41) is 9.59. The van der Waals surface area contributed by atoms with Crippen LogP contribution in [0.15, 0.2) is 113 Å². The standard InChI is InChI=1S/C20H28N2O5S.C18H25N3O5S.C15H21N3O4S.C14H19N3O3S.C14H18N2O3S/c1-20(2,3)27-19(23)14-9-7-13(8-10-14)11-26-16-6-4-5-15-12-28(24,25)22-18(21)17(15)16;1-18(2,3)26-17(22)21-9-5-7-13(10-21)25-14-8-4-6-12-11-27(23,24)20-16(19)15(12)14;1-10(19)18-7-5-12(6-8-18)22-13-4-2-3-11-9-23(20,21)17-15(16)14(11)13;1-17-7-5-11(6-8-17)20-12-4-2-3-10-9-21(18,19)16-14(15)13(10)12;15-14-13-10(9-20(17,18)16-14)5-4-8-12(13)19-11-6-2-1-3-7-11/h4-6,13-14H,7-12H2,1-3H3,(H2,21,22);4,6,8,13H,5,7,9-11H2,1-3H3,(H2,19,20);2-4,10,12,19H,5-9H2,1H3,(H2,16,17);2-4,11H,5-9H2,1H3,(H2,15,16);4-5,8,11H,1-3,6-7,9H2,(H2,15,16)/t;13-;;;/m.0.../s1. The minimum atomic E-state index is -3.59. The number of likely N-dealkylation sites (tertiary alicyclic amines) is 3. The van der Waals surface area contributed by atoms with Crippen LogP contribution in [0.2, 0.25) is 0 Å². The van der Waals surface area contributed by atoms with Crippen molar-refractivity contribution in [2.24, 2.45) is 62.5 Å². The van der Waals surface area contributed by atoms with E-state index >= 15 is 0 Å². The van der Waals surface area contributed by atoms with Crippen molar-refractivity contribution in [3.05, 3.63) is 147 Å². The predicted molar refractivity (Wildman–Crippen MR) is 453 cm³/mol. The van der Waals surface area contributed by atoms with E-state index in [9.17, 15) is 56.8 Å². The highest BCUT2D eigenvalue weighted by molar-refractivity contribution is 7.90. The number of aliphatic hydroxyl groups excluding tert-OH is 1. The minimum absolute atomic E-state index is 0.0109. The molecule has 0 radical (unpaired) electrons. The van der Waals surface area contributed by atoms with Crippen molar-refractivity contribution in [1.82, 2.24) is 14.7 Å². The highest BCUT2D eigenvalue weighted by Crippen LogP contribution is 2.38. The average Bonchev–Trinajstić information content (AvgIpc) is 0.800. The largest absolute Gasteiger partial charge is 0.493 e. The molecule has 0 aromatic heterocycles. The molecule has 0 spiro atoms. The van der Waals surface area contributed by atoms with Crippen LogP contribution in [0.3, 0.4) is 0 Å². The molecule has 5 aromatic rings. The van der Waals surface area contributed by atoms with Gasteiger partial charge >= 0.3 is 12.1 Å². The molecule has 5 aromatic carbocycles. The van der Waals surface area contributed by atoms with Gasteiger partial charge in [0.2, 0.25) is 0 Å². The number of aliphatic hydroxyl groups is 1. The summed E-state index contributed by atoms with van der Waals surface area (Å²) in [6.45, 7) is 17.9. The third-order valence-electron chi connectivity index (χ3n) is 21.2. The third kappa shape index (κ3) is 25.2. The smallest absolute Gasteiger partial charge is 0.410 e. The van der Waals surface area contributed by atoms with Gasteiger partial charge in [0.15, 0.2) is 0 Å². The molecule has 3 saturated heterocycles. The van der Waals surface area contributed by atoms with Crippen LogP contribution in [0.4, 0.5) is 4.79 Å². The van der Waals surface area contributed by atoms with Crippen molar-refractivity contribution in [2.45, 2.75) is 215 Å². The van der Waals surface area contributed by atoms with Crippen molar-refractivity contribution in [1.29, 1.82) is 0 Å². The van der Waals surface area contributed by atoms with Crippen LogP contribution < -0.4 is 52.4 Å². The zero-order valence-electron chi connectivity index (χ0n) is 68.5. The predicted octanol–water partition coefficient (Wildman–Crippen LogP) is 7.85. The number of esters is 1. The monoisotopic (exact) mass is 1750 g/mol.